The summed E-state index contributed by atoms with van der Waals surface area (Å²) in [7, 11) is -0.893. The summed E-state index contributed by atoms with van der Waals surface area (Å²) in [6, 6.07) is 0. The molecule has 0 aromatic carbocycles. The standard InChI is InChI=1S/C12H23ClSi/c13-14(11-7-3-1-4-8-11)12-9-5-2-6-10-12/h11-12,14H,1-10H2. The minimum atomic E-state index is -0.893. The zero-order valence-electron chi connectivity index (χ0n) is 9.18. The van der Waals surface area contributed by atoms with Crippen LogP contribution in [0, 0.1) is 0 Å². The molecule has 2 fully saturated rings. The summed E-state index contributed by atoms with van der Waals surface area (Å²) >= 11 is 6.78. The molecule has 0 spiro atoms. The summed E-state index contributed by atoms with van der Waals surface area (Å²) in [6.45, 7) is 0. The molecule has 0 aromatic heterocycles. The van der Waals surface area contributed by atoms with Crippen molar-refractivity contribution in [3.05, 3.63) is 0 Å². The van der Waals surface area contributed by atoms with E-state index in [1.165, 1.54) is 64.2 Å². The van der Waals surface area contributed by atoms with Crippen LogP contribution in [0.25, 0.3) is 0 Å². The van der Waals surface area contributed by atoms with Crippen LogP contribution in [0.2, 0.25) is 11.1 Å². The molecule has 2 saturated carbocycles. The van der Waals surface area contributed by atoms with Crippen molar-refractivity contribution in [3.63, 3.8) is 0 Å². The lowest BCUT2D eigenvalue weighted by Gasteiger charge is -2.32. The summed E-state index contributed by atoms with van der Waals surface area (Å²) < 4.78 is 0. The third-order valence-corrected chi connectivity index (χ3v) is 9.47. The minimum absolute atomic E-state index is 0.893. The molecule has 0 aliphatic heterocycles. The maximum atomic E-state index is 6.78. The Morgan fingerprint density at radius 2 is 1.00 bits per heavy atom. The topological polar surface area (TPSA) is 0 Å². The molecule has 0 nitrogen and oxygen atoms in total. The first-order chi connectivity index (χ1) is 6.88. The van der Waals surface area contributed by atoms with Gasteiger partial charge in [0, 0.05) is 0 Å². The van der Waals surface area contributed by atoms with E-state index in [1.54, 1.807) is 0 Å². The zero-order valence-corrected chi connectivity index (χ0v) is 11.1. The van der Waals surface area contributed by atoms with Crippen molar-refractivity contribution in [2.24, 2.45) is 0 Å². The van der Waals surface area contributed by atoms with Crippen molar-refractivity contribution in [2.45, 2.75) is 75.3 Å². The normalized spacial score (nSPS) is 27.0. The highest BCUT2D eigenvalue weighted by Gasteiger charge is 2.31. The fraction of sp³-hybridized carbons (Fsp3) is 1.00. The van der Waals surface area contributed by atoms with Crippen molar-refractivity contribution < 1.29 is 0 Å². The first-order valence-corrected chi connectivity index (χ1v) is 9.60. The van der Waals surface area contributed by atoms with Crippen LogP contribution in [-0.2, 0) is 0 Å². The highest BCUT2D eigenvalue weighted by Crippen LogP contribution is 2.42. The molecule has 0 N–H and O–H groups in total. The summed E-state index contributed by atoms with van der Waals surface area (Å²) in [5.41, 5.74) is 1.99. The maximum absolute atomic E-state index is 6.78. The Bertz CT molecular complexity index is 142. The predicted molar refractivity (Wildman–Crippen MR) is 66.7 cm³/mol. The Balaban J connectivity index is 1.82. The van der Waals surface area contributed by atoms with Gasteiger partial charge in [-0.05, 0) is 11.1 Å². The molecule has 0 heterocycles. The van der Waals surface area contributed by atoms with E-state index in [0.29, 0.717) is 0 Å². The average Bonchev–Trinajstić information content (AvgIpc) is 2.30. The van der Waals surface area contributed by atoms with Crippen molar-refractivity contribution in [1.29, 1.82) is 0 Å². The van der Waals surface area contributed by atoms with Gasteiger partial charge in [0.1, 0.15) is 8.11 Å². The van der Waals surface area contributed by atoms with Gasteiger partial charge in [0.05, 0.1) is 0 Å². The van der Waals surface area contributed by atoms with E-state index in [1.807, 2.05) is 0 Å². The Morgan fingerprint density at radius 1 is 0.643 bits per heavy atom. The third kappa shape index (κ3) is 2.76. The van der Waals surface area contributed by atoms with Gasteiger partial charge in [-0.1, -0.05) is 64.2 Å². The summed E-state index contributed by atoms with van der Waals surface area (Å²) in [5, 5.41) is 0. The second kappa shape index (κ2) is 5.55. The lowest BCUT2D eigenvalue weighted by atomic mass is 9.99. The van der Waals surface area contributed by atoms with Crippen LogP contribution in [0.15, 0.2) is 0 Å². The summed E-state index contributed by atoms with van der Waals surface area (Å²) in [6.07, 6.45) is 14.7. The molecule has 2 aliphatic carbocycles. The highest BCUT2D eigenvalue weighted by atomic mass is 35.6. The van der Waals surface area contributed by atoms with Gasteiger partial charge in [0.2, 0.25) is 0 Å². The van der Waals surface area contributed by atoms with Crippen LogP contribution in [-0.4, -0.2) is 8.11 Å². The number of rotatable bonds is 2. The van der Waals surface area contributed by atoms with E-state index in [9.17, 15) is 0 Å². The molecule has 0 aromatic rings. The van der Waals surface area contributed by atoms with Gasteiger partial charge in [-0.25, -0.2) is 0 Å². The van der Waals surface area contributed by atoms with Gasteiger partial charge in [-0.2, -0.15) is 11.1 Å². The van der Waals surface area contributed by atoms with E-state index in [0.717, 1.165) is 11.1 Å². The highest BCUT2D eigenvalue weighted by molar-refractivity contribution is 7.08. The van der Waals surface area contributed by atoms with Gasteiger partial charge in [0.15, 0.2) is 0 Å². The second-order valence-electron chi connectivity index (χ2n) is 5.24. The van der Waals surface area contributed by atoms with E-state index < -0.39 is 8.11 Å². The number of halogens is 1. The lowest BCUT2D eigenvalue weighted by molar-refractivity contribution is 0.467. The van der Waals surface area contributed by atoms with E-state index in [2.05, 4.69) is 0 Å². The SMILES string of the molecule is Cl[SiH](C1CCCCC1)C1CCCCC1. The smallest absolute Gasteiger partial charge is 0.147 e. The fourth-order valence-electron chi connectivity index (χ4n) is 3.29. The average molecular weight is 231 g/mol. The van der Waals surface area contributed by atoms with Crippen LogP contribution in [0.3, 0.4) is 0 Å². The van der Waals surface area contributed by atoms with Gasteiger partial charge in [0.25, 0.3) is 0 Å². The van der Waals surface area contributed by atoms with Crippen molar-refractivity contribution in [1.82, 2.24) is 0 Å². The van der Waals surface area contributed by atoms with E-state index >= 15 is 0 Å². The molecule has 2 heteroatoms. The zero-order chi connectivity index (χ0) is 9.80. The molecule has 0 bridgehead atoms. The van der Waals surface area contributed by atoms with Crippen LogP contribution < -0.4 is 0 Å². The largest absolute Gasteiger partial charge is 0.171 e. The Morgan fingerprint density at radius 3 is 1.36 bits per heavy atom. The molecule has 2 rings (SSSR count). The van der Waals surface area contributed by atoms with Gasteiger partial charge in [-0.15, -0.1) is 0 Å². The van der Waals surface area contributed by atoms with Gasteiger partial charge in [-0.3, -0.25) is 0 Å². The van der Waals surface area contributed by atoms with Crippen LogP contribution in [0.5, 0.6) is 0 Å². The summed E-state index contributed by atoms with van der Waals surface area (Å²) in [4.78, 5) is 0. The number of hydrogen-bond donors (Lipinski definition) is 0. The minimum Gasteiger partial charge on any atom is -0.171 e. The third-order valence-electron chi connectivity index (χ3n) is 4.20. The molecule has 0 saturated heterocycles. The van der Waals surface area contributed by atoms with E-state index in [4.69, 9.17) is 11.1 Å². The molecule has 0 atom stereocenters. The molecule has 0 amide bonds. The molecule has 0 radical (unpaired) electrons. The van der Waals surface area contributed by atoms with Crippen LogP contribution >= 0.6 is 11.1 Å². The maximum Gasteiger partial charge on any atom is 0.147 e. The number of hydrogen-bond acceptors (Lipinski definition) is 0. The first kappa shape index (κ1) is 11.0. The lowest BCUT2D eigenvalue weighted by Crippen LogP contribution is -2.24. The van der Waals surface area contributed by atoms with Crippen molar-refractivity contribution >= 4 is 19.2 Å². The molecule has 14 heavy (non-hydrogen) atoms. The van der Waals surface area contributed by atoms with Crippen LogP contribution in [0.1, 0.15) is 64.2 Å². The first-order valence-electron chi connectivity index (χ1n) is 6.52. The van der Waals surface area contributed by atoms with Gasteiger partial charge >= 0.3 is 0 Å². The quantitative estimate of drug-likeness (QED) is 0.480. The second-order valence-corrected chi connectivity index (χ2v) is 9.53. The van der Waals surface area contributed by atoms with Crippen molar-refractivity contribution in [3.8, 4) is 0 Å². The van der Waals surface area contributed by atoms with E-state index in [-0.39, 0.29) is 0 Å². The Hall–Kier alpha value is 0.507. The monoisotopic (exact) mass is 230 g/mol. The summed E-state index contributed by atoms with van der Waals surface area (Å²) in [5.74, 6) is 0. The molecule has 2 aliphatic rings. The van der Waals surface area contributed by atoms with Gasteiger partial charge < -0.3 is 0 Å². The molecule has 82 valence electrons. The Kier molecular flexibility index (Phi) is 4.37. The molecular formula is C12H23ClSi. The Labute approximate surface area is 94.7 Å². The van der Waals surface area contributed by atoms with Crippen molar-refractivity contribution in [2.75, 3.05) is 0 Å². The molecule has 0 unspecified atom stereocenters. The fourth-order valence-corrected chi connectivity index (χ4v) is 7.79. The predicted octanol–water partition coefficient (Wildman–Crippen LogP) is 4.62. The molecular weight excluding hydrogens is 208 g/mol. The van der Waals surface area contributed by atoms with Crippen LogP contribution in [0.4, 0.5) is 0 Å².